The summed E-state index contributed by atoms with van der Waals surface area (Å²) in [6, 6.07) is 8.18. The smallest absolute Gasteiger partial charge is 0.142 e. The molecule has 2 nitrogen and oxygen atoms in total. The van der Waals surface area contributed by atoms with Crippen molar-refractivity contribution in [2.24, 2.45) is 0 Å². The van der Waals surface area contributed by atoms with Crippen molar-refractivity contribution in [1.29, 1.82) is 0 Å². The van der Waals surface area contributed by atoms with Crippen molar-refractivity contribution in [1.82, 2.24) is 5.32 Å². The fourth-order valence-electron chi connectivity index (χ4n) is 1.88. The van der Waals surface area contributed by atoms with Crippen LogP contribution in [0.4, 0.5) is 4.39 Å². The van der Waals surface area contributed by atoms with Crippen LogP contribution < -0.4 is 10.1 Å². The van der Waals surface area contributed by atoms with Crippen LogP contribution in [0.3, 0.4) is 0 Å². The molecule has 0 bridgehead atoms. The maximum Gasteiger partial charge on any atom is 0.142 e. The van der Waals surface area contributed by atoms with E-state index in [9.17, 15) is 4.39 Å². The molecular formula is C15H13BrCl2FNO. The third-order valence-corrected chi connectivity index (χ3v) is 3.93. The molecule has 2 aromatic carbocycles. The highest BCUT2D eigenvalue weighted by Gasteiger charge is 2.11. The quantitative estimate of drug-likeness (QED) is 0.755. The molecule has 0 amide bonds. The summed E-state index contributed by atoms with van der Waals surface area (Å²) >= 11 is 15.3. The fraction of sp³-hybridized carbons (Fsp3) is 0.200. The van der Waals surface area contributed by atoms with Gasteiger partial charge >= 0.3 is 0 Å². The van der Waals surface area contributed by atoms with E-state index < -0.39 is 0 Å². The molecule has 0 aliphatic rings. The number of ether oxygens (including phenoxy) is 1. The van der Waals surface area contributed by atoms with Crippen molar-refractivity contribution >= 4 is 39.1 Å². The van der Waals surface area contributed by atoms with Gasteiger partial charge < -0.3 is 10.1 Å². The molecule has 0 aliphatic carbocycles. The lowest BCUT2D eigenvalue weighted by molar-refractivity contribution is 0.302. The lowest BCUT2D eigenvalue weighted by atomic mass is 10.2. The van der Waals surface area contributed by atoms with Crippen LogP contribution in [0.15, 0.2) is 34.8 Å². The van der Waals surface area contributed by atoms with Gasteiger partial charge in [0, 0.05) is 17.1 Å². The maximum absolute atomic E-state index is 13.2. The molecule has 0 radical (unpaired) electrons. The Labute approximate surface area is 141 Å². The van der Waals surface area contributed by atoms with E-state index in [2.05, 4.69) is 21.2 Å². The first-order valence-corrected chi connectivity index (χ1v) is 7.75. The first-order chi connectivity index (χ1) is 10.0. The molecule has 0 atom stereocenters. The molecular weight excluding hydrogens is 380 g/mol. The Kier molecular flexibility index (Phi) is 5.88. The number of halogens is 4. The average molecular weight is 393 g/mol. The van der Waals surface area contributed by atoms with Gasteiger partial charge in [-0.25, -0.2) is 4.39 Å². The summed E-state index contributed by atoms with van der Waals surface area (Å²) in [5, 5.41) is 4.05. The van der Waals surface area contributed by atoms with Crippen molar-refractivity contribution in [3.05, 3.63) is 61.8 Å². The Bertz CT molecular complexity index is 652. The number of hydrogen-bond acceptors (Lipinski definition) is 2. The molecule has 0 saturated carbocycles. The van der Waals surface area contributed by atoms with Gasteiger partial charge in [-0.3, -0.25) is 0 Å². The lowest BCUT2D eigenvalue weighted by Gasteiger charge is -2.14. The third-order valence-electron chi connectivity index (χ3n) is 2.82. The molecule has 2 rings (SSSR count). The van der Waals surface area contributed by atoms with E-state index in [1.807, 2.05) is 7.05 Å². The molecule has 2 aromatic rings. The van der Waals surface area contributed by atoms with Crippen molar-refractivity contribution < 1.29 is 9.13 Å². The Hall–Kier alpha value is -0.810. The SMILES string of the molecule is CNCc1cc(Cl)cc(Cl)c1OCc1ccc(F)c(Br)c1. The molecule has 112 valence electrons. The van der Waals surface area contributed by atoms with E-state index in [-0.39, 0.29) is 12.4 Å². The van der Waals surface area contributed by atoms with Crippen LogP contribution in [-0.4, -0.2) is 7.05 Å². The topological polar surface area (TPSA) is 21.3 Å². The van der Waals surface area contributed by atoms with Crippen LogP contribution in [0.1, 0.15) is 11.1 Å². The molecule has 0 saturated heterocycles. The molecule has 0 spiro atoms. The second-order valence-corrected chi connectivity index (χ2v) is 6.14. The van der Waals surface area contributed by atoms with Gasteiger partial charge in [0.05, 0.1) is 9.50 Å². The molecule has 0 heterocycles. The molecule has 0 unspecified atom stereocenters. The van der Waals surface area contributed by atoms with Crippen molar-refractivity contribution in [2.75, 3.05) is 7.05 Å². The minimum Gasteiger partial charge on any atom is -0.487 e. The highest BCUT2D eigenvalue weighted by atomic mass is 79.9. The van der Waals surface area contributed by atoms with Crippen LogP contribution in [0.2, 0.25) is 10.0 Å². The summed E-state index contributed by atoms with van der Waals surface area (Å²) in [4.78, 5) is 0. The molecule has 1 N–H and O–H groups in total. The Balaban J connectivity index is 2.20. The summed E-state index contributed by atoms with van der Waals surface area (Å²) in [7, 11) is 1.83. The fourth-order valence-corrected chi connectivity index (χ4v) is 2.90. The van der Waals surface area contributed by atoms with E-state index >= 15 is 0 Å². The van der Waals surface area contributed by atoms with Crippen molar-refractivity contribution in [2.45, 2.75) is 13.2 Å². The average Bonchev–Trinajstić information content (AvgIpc) is 2.42. The van der Waals surface area contributed by atoms with Gasteiger partial charge in [0.2, 0.25) is 0 Å². The van der Waals surface area contributed by atoms with E-state index in [1.54, 1.807) is 24.3 Å². The monoisotopic (exact) mass is 391 g/mol. The lowest BCUT2D eigenvalue weighted by Crippen LogP contribution is -2.08. The largest absolute Gasteiger partial charge is 0.487 e. The van der Waals surface area contributed by atoms with E-state index in [1.165, 1.54) is 6.07 Å². The molecule has 0 fully saturated rings. The zero-order valence-electron chi connectivity index (χ0n) is 11.2. The highest BCUT2D eigenvalue weighted by Crippen LogP contribution is 2.33. The molecule has 6 heteroatoms. The number of rotatable bonds is 5. The van der Waals surface area contributed by atoms with Crippen LogP contribution in [0, 0.1) is 5.82 Å². The van der Waals surface area contributed by atoms with Crippen LogP contribution in [0.5, 0.6) is 5.75 Å². The predicted molar refractivity (Wildman–Crippen MR) is 87.7 cm³/mol. The minimum atomic E-state index is -0.306. The first kappa shape index (κ1) is 16.6. The second kappa shape index (κ2) is 7.45. The number of benzene rings is 2. The molecule has 0 aromatic heterocycles. The van der Waals surface area contributed by atoms with Crippen molar-refractivity contribution in [3.63, 3.8) is 0 Å². The first-order valence-electron chi connectivity index (χ1n) is 6.20. The summed E-state index contributed by atoms with van der Waals surface area (Å²) in [5.74, 6) is 0.273. The number of nitrogens with one attached hydrogen (secondary N) is 1. The third kappa shape index (κ3) is 4.33. The summed E-state index contributed by atoms with van der Waals surface area (Å²) < 4.78 is 19.4. The Morgan fingerprint density at radius 2 is 2.00 bits per heavy atom. The summed E-state index contributed by atoms with van der Waals surface area (Å²) in [6.07, 6.45) is 0. The van der Waals surface area contributed by atoms with Gasteiger partial charge in [0.1, 0.15) is 18.2 Å². The maximum atomic E-state index is 13.2. The second-order valence-electron chi connectivity index (χ2n) is 4.44. The minimum absolute atomic E-state index is 0.289. The van der Waals surface area contributed by atoms with Gasteiger partial charge in [-0.1, -0.05) is 29.3 Å². The Morgan fingerprint density at radius 3 is 2.67 bits per heavy atom. The standard InChI is InChI=1S/C15H13BrCl2FNO/c1-20-7-10-5-11(17)6-13(18)15(10)21-8-9-2-3-14(19)12(16)4-9/h2-6,20H,7-8H2,1H3. The van der Waals surface area contributed by atoms with Gasteiger partial charge in [0.15, 0.2) is 0 Å². The molecule has 0 aliphatic heterocycles. The van der Waals surface area contributed by atoms with Crippen LogP contribution >= 0.6 is 39.1 Å². The summed E-state index contributed by atoms with van der Waals surface area (Å²) in [5.41, 5.74) is 1.71. The van der Waals surface area contributed by atoms with Crippen molar-refractivity contribution in [3.8, 4) is 5.75 Å². The van der Waals surface area contributed by atoms with E-state index in [0.29, 0.717) is 26.8 Å². The van der Waals surface area contributed by atoms with E-state index in [0.717, 1.165) is 11.1 Å². The van der Waals surface area contributed by atoms with Gasteiger partial charge in [-0.2, -0.15) is 0 Å². The van der Waals surface area contributed by atoms with Gasteiger partial charge in [-0.15, -0.1) is 0 Å². The van der Waals surface area contributed by atoms with E-state index in [4.69, 9.17) is 27.9 Å². The normalized spacial score (nSPS) is 10.7. The van der Waals surface area contributed by atoms with Crippen LogP contribution in [0.25, 0.3) is 0 Å². The van der Waals surface area contributed by atoms with Gasteiger partial charge in [-0.05, 0) is 52.8 Å². The van der Waals surface area contributed by atoms with Gasteiger partial charge in [0.25, 0.3) is 0 Å². The molecule has 21 heavy (non-hydrogen) atoms. The zero-order valence-corrected chi connectivity index (χ0v) is 14.3. The predicted octanol–water partition coefficient (Wildman–Crippen LogP) is 5.19. The highest BCUT2D eigenvalue weighted by molar-refractivity contribution is 9.10. The number of hydrogen-bond donors (Lipinski definition) is 1. The summed E-state index contributed by atoms with van der Waals surface area (Å²) in [6.45, 7) is 0.875. The zero-order chi connectivity index (χ0) is 15.4. The Morgan fingerprint density at radius 1 is 1.24 bits per heavy atom. The van der Waals surface area contributed by atoms with Crippen LogP contribution in [-0.2, 0) is 13.2 Å².